The van der Waals surface area contributed by atoms with E-state index < -0.39 is 0 Å². The van der Waals surface area contributed by atoms with Gasteiger partial charge in [0, 0.05) is 43.3 Å². The van der Waals surface area contributed by atoms with Gasteiger partial charge in [-0.15, -0.1) is 0 Å². The first-order chi connectivity index (χ1) is 12.7. The number of rotatable bonds is 6. The van der Waals surface area contributed by atoms with Crippen LogP contribution in [0.25, 0.3) is 0 Å². The Balaban J connectivity index is 1.35. The number of nitrogens with one attached hydrogen (secondary N) is 2. The Bertz CT molecular complexity index is 713. The SMILES string of the molecule is O=C(CNC(=O)c1ccccc1)NCC1CCN(c2ccncc2)CC1. The lowest BCUT2D eigenvalue weighted by Crippen LogP contribution is -2.42. The van der Waals surface area contributed by atoms with Crippen molar-refractivity contribution in [2.75, 3.05) is 31.1 Å². The molecule has 6 heteroatoms. The largest absolute Gasteiger partial charge is 0.371 e. The molecule has 0 aliphatic carbocycles. The average molecular weight is 352 g/mol. The minimum atomic E-state index is -0.230. The zero-order chi connectivity index (χ0) is 18.2. The molecule has 3 rings (SSSR count). The maximum absolute atomic E-state index is 12.0. The molecule has 1 aliphatic rings. The van der Waals surface area contributed by atoms with Crippen LogP contribution in [0, 0.1) is 5.92 Å². The Labute approximate surface area is 153 Å². The lowest BCUT2D eigenvalue weighted by molar-refractivity contribution is -0.120. The van der Waals surface area contributed by atoms with Crippen LogP contribution in [0.2, 0.25) is 0 Å². The Morgan fingerprint density at radius 2 is 1.69 bits per heavy atom. The summed E-state index contributed by atoms with van der Waals surface area (Å²) in [5.41, 5.74) is 1.76. The molecular weight excluding hydrogens is 328 g/mol. The van der Waals surface area contributed by atoms with Gasteiger partial charge in [0.2, 0.25) is 5.91 Å². The molecule has 0 bridgehead atoms. The second-order valence-corrected chi connectivity index (χ2v) is 6.49. The predicted molar refractivity (Wildman–Crippen MR) is 101 cm³/mol. The van der Waals surface area contributed by atoms with Crippen molar-refractivity contribution in [1.29, 1.82) is 0 Å². The maximum atomic E-state index is 12.0. The third-order valence-electron chi connectivity index (χ3n) is 4.68. The van der Waals surface area contributed by atoms with Gasteiger partial charge in [-0.2, -0.15) is 0 Å². The van der Waals surface area contributed by atoms with Crippen LogP contribution in [0.3, 0.4) is 0 Å². The highest BCUT2D eigenvalue weighted by atomic mass is 16.2. The van der Waals surface area contributed by atoms with E-state index in [1.807, 2.05) is 30.6 Å². The van der Waals surface area contributed by atoms with Crippen LogP contribution in [-0.4, -0.2) is 43.0 Å². The molecular formula is C20H24N4O2. The highest BCUT2D eigenvalue weighted by Crippen LogP contribution is 2.22. The second kappa shape index (κ2) is 8.99. The van der Waals surface area contributed by atoms with E-state index in [1.165, 1.54) is 5.69 Å². The van der Waals surface area contributed by atoms with E-state index in [0.717, 1.165) is 25.9 Å². The Hall–Kier alpha value is -2.89. The first-order valence-corrected chi connectivity index (χ1v) is 8.97. The molecule has 1 aliphatic heterocycles. The minimum Gasteiger partial charge on any atom is -0.371 e. The van der Waals surface area contributed by atoms with Crippen molar-refractivity contribution in [1.82, 2.24) is 15.6 Å². The molecule has 1 aromatic carbocycles. The van der Waals surface area contributed by atoms with E-state index in [9.17, 15) is 9.59 Å². The minimum absolute atomic E-state index is 0.00356. The first kappa shape index (κ1) is 17.9. The van der Waals surface area contributed by atoms with E-state index in [4.69, 9.17) is 0 Å². The highest BCUT2D eigenvalue weighted by Gasteiger charge is 2.20. The second-order valence-electron chi connectivity index (χ2n) is 6.49. The standard InChI is InChI=1S/C20H24N4O2/c25-19(15-23-20(26)17-4-2-1-3-5-17)22-14-16-8-12-24(13-9-16)18-6-10-21-11-7-18/h1-7,10-11,16H,8-9,12-15H2,(H,22,25)(H,23,26). The Morgan fingerprint density at radius 3 is 2.38 bits per heavy atom. The highest BCUT2D eigenvalue weighted by molar-refractivity contribution is 5.96. The van der Waals surface area contributed by atoms with Gasteiger partial charge >= 0.3 is 0 Å². The van der Waals surface area contributed by atoms with Crippen LogP contribution >= 0.6 is 0 Å². The number of hydrogen-bond acceptors (Lipinski definition) is 4. The fourth-order valence-electron chi connectivity index (χ4n) is 3.12. The van der Waals surface area contributed by atoms with Gasteiger partial charge < -0.3 is 15.5 Å². The number of pyridine rings is 1. The van der Waals surface area contributed by atoms with Gasteiger partial charge in [0.15, 0.2) is 0 Å². The summed E-state index contributed by atoms with van der Waals surface area (Å²) in [5.74, 6) is 0.0964. The molecule has 1 fully saturated rings. The number of carbonyl (C=O) groups excluding carboxylic acids is 2. The number of anilines is 1. The molecule has 6 nitrogen and oxygen atoms in total. The zero-order valence-electron chi connectivity index (χ0n) is 14.7. The molecule has 0 atom stereocenters. The quantitative estimate of drug-likeness (QED) is 0.832. The fourth-order valence-corrected chi connectivity index (χ4v) is 3.12. The molecule has 1 saturated heterocycles. The van der Waals surface area contributed by atoms with Crippen molar-refractivity contribution in [3.8, 4) is 0 Å². The summed E-state index contributed by atoms with van der Waals surface area (Å²) < 4.78 is 0. The van der Waals surface area contributed by atoms with Gasteiger partial charge in [0.05, 0.1) is 6.54 Å². The number of amides is 2. The normalized spacial score (nSPS) is 14.7. The summed E-state index contributed by atoms with van der Waals surface area (Å²) in [4.78, 5) is 30.3. The van der Waals surface area contributed by atoms with E-state index in [0.29, 0.717) is 18.0 Å². The summed E-state index contributed by atoms with van der Waals surface area (Å²) >= 11 is 0. The van der Waals surface area contributed by atoms with E-state index >= 15 is 0 Å². The molecule has 0 saturated carbocycles. The number of benzene rings is 1. The van der Waals surface area contributed by atoms with E-state index in [2.05, 4.69) is 20.5 Å². The van der Waals surface area contributed by atoms with Crippen molar-refractivity contribution in [2.45, 2.75) is 12.8 Å². The number of carbonyl (C=O) groups is 2. The van der Waals surface area contributed by atoms with Crippen LogP contribution in [0.15, 0.2) is 54.9 Å². The molecule has 1 aromatic heterocycles. The third kappa shape index (κ3) is 5.05. The lowest BCUT2D eigenvalue weighted by Gasteiger charge is -2.33. The summed E-state index contributed by atoms with van der Waals surface area (Å²) in [5, 5.41) is 5.58. The summed E-state index contributed by atoms with van der Waals surface area (Å²) in [6, 6.07) is 13.0. The number of piperidine rings is 1. The van der Waals surface area contributed by atoms with E-state index in [1.54, 1.807) is 24.3 Å². The van der Waals surface area contributed by atoms with Crippen LogP contribution in [0.1, 0.15) is 23.2 Å². The summed E-state index contributed by atoms with van der Waals surface area (Å²) in [6.07, 6.45) is 5.70. The molecule has 2 heterocycles. The monoisotopic (exact) mass is 352 g/mol. The Morgan fingerprint density at radius 1 is 1.00 bits per heavy atom. The van der Waals surface area contributed by atoms with Gasteiger partial charge in [-0.1, -0.05) is 18.2 Å². The predicted octanol–water partition coefficient (Wildman–Crippen LogP) is 1.84. The molecule has 0 spiro atoms. The number of nitrogens with zero attached hydrogens (tertiary/aromatic N) is 2. The lowest BCUT2D eigenvalue weighted by atomic mass is 9.96. The van der Waals surface area contributed by atoms with Crippen LogP contribution in [0.5, 0.6) is 0 Å². The summed E-state index contributed by atoms with van der Waals surface area (Å²) in [6.45, 7) is 2.62. The number of hydrogen-bond donors (Lipinski definition) is 2. The topological polar surface area (TPSA) is 74.3 Å². The Kier molecular flexibility index (Phi) is 6.19. The van der Waals surface area contributed by atoms with Crippen molar-refractivity contribution in [3.63, 3.8) is 0 Å². The van der Waals surface area contributed by atoms with Gasteiger partial charge in [0.25, 0.3) is 5.91 Å². The fraction of sp³-hybridized carbons (Fsp3) is 0.350. The molecule has 26 heavy (non-hydrogen) atoms. The molecule has 2 N–H and O–H groups in total. The van der Waals surface area contributed by atoms with E-state index in [-0.39, 0.29) is 18.4 Å². The molecule has 0 radical (unpaired) electrons. The summed E-state index contributed by atoms with van der Waals surface area (Å²) in [7, 11) is 0. The third-order valence-corrected chi connectivity index (χ3v) is 4.68. The average Bonchev–Trinajstić information content (AvgIpc) is 2.72. The zero-order valence-corrected chi connectivity index (χ0v) is 14.7. The maximum Gasteiger partial charge on any atom is 0.251 e. The van der Waals surface area contributed by atoms with Crippen LogP contribution in [-0.2, 0) is 4.79 Å². The van der Waals surface area contributed by atoms with Gasteiger partial charge in [-0.3, -0.25) is 14.6 Å². The smallest absolute Gasteiger partial charge is 0.251 e. The van der Waals surface area contributed by atoms with Gasteiger partial charge in [-0.05, 0) is 43.0 Å². The molecule has 2 amide bonds. The molecule has 136 valence electrons. The molecule has 0 unspecified atom stereocenters. The van der Waals surface area contributed by atoms with Crippen LogP contribution in [0.4, 0.5) is 5.69 Å². The van der Waals surface area contributed by atoms with Gasteiger partial charge in [-0.25, -0.2) is 0 Å². The molecule has 2 aromatic rings. The first-order valence-electron chi connectivity index (χ1n) is 8.97. The van der Waals surface area contributed by atoms with Crippen molar-refractivity contribution >= 4 is 17.5 Å². The van der Waals surface area contributed by atoms with Gasteiger partial charge in [0.1, 0.15) is 0 Å². The van der Waals surface area contributed by atoms with Crippen LogP contribution < -0.4 is 15.5 Å². The van der Waals surface area contributed by atoms with Crippen molar-refractivity contribution in [2.24, 2.45) is 5.92 Å². The van der Waals surface area contributed by atoms with Crippen molar-refractivity contribution in [3.05, 3.63) is 60.4 Å². The number of aromatic nitrogens is 1. The van der Waals surface area contributed by atoms with Crippen molar-refractivity contribution < 1.29 is 9.59 Å².